The Morgan fingerprint density at radius 3 is 2.29 bits per heavy atom. The molecule has 0 aliphatic carbocycles. The molecule has 0 amide bonds. The van der Waals surface area contributed by atoms with Gasteiger partial charge in [0.15, 0.2) is 7.38 Å². The largest absolute Gasteiger partial charge is 0.463 e. The number of ether oxygens (including phenoxy) is 1. The second kappa shape index (κ2) is 9.72. The highest BCUT2D eigenvalue weighted by Crippen LogP contribution is 2.29. The highest BCUT2D eigenvalue weighted by atomic mass is 35.6. The Morgan fingerprint density at radius 2 is 1.82 bits per heavy atom. The van der Waals surface area contributed by atoms with Crippen LogP contribution in [0.1, 0.15) is 40.0 Å². The molecule has 0 radical (unpaired) electrons. The van der Waals surface area contributed by atoms with Gasteiger partial charge >= 0.3 is 5.97 Å². The molecule has 0 unspecified atom stereocenters. The van der Waals surface area contributed by atoms with Gasteiger partial charge in [0.1, 0.15) is 0 Å². The zero-order valence-electron chi connectivity index (χ0n) is 11.3. The van der Waals surface area contributed by atoms with Gasteiger partial charge in [0.2, 0.25) is 0 Å². The number of esters is 1. The molecule has 100 valence electrons. The molecular weight excluding hydrogens is 252 g/mol. The molecule has 4 heteroatoms. The number of allylic oxidation sites excluding steroid dienone is 1. The topological polar surface area (TPSA) is 26.3 Å². The Balaban J connectivity index is 3.86. The van der Waals surface area contributed by atoms with Crippen LogP contribution in [0.5, 0.6) is 0 Å². The summed E-state index contributed by atoms with van der Waals surface area (Å²) in [6.45, 7) is 6.68. The van der Waals surface area contributed by atoms with Crippen molar-refractivity contribution in [2.24, 2.45) is 0 Å². The third-order valence-electron chi connectivity index (χ3n) is 2.71. The van der Waals surface area contributed by atoms with Crippen LogP contribution in [0, 0.1) is 0 Å². The van der Waals surface area contributed by atoms with Gasteiger partial charge in [0.05, 0.1) is 6.61 Å². The van der Waals surface area contributed by atoms with E-state index >= 15 is 0 Å². The van der Waals surface area contributed by atoms with Crippen molar-refractivity contribution < 1.29 is 9.53 Å². The zero-order valence-corrected chi connectivity index (χ0v) is 13.1. The lowest BCUT2D eigenvalue weighted by atomic mass is 10.5. The summed E-state index contributed by atoms with van der Waals surface area (Å²) in [5.74, 6) is -0.250. The van der Waals surface area contributed by atoms with Gasteiger partial charge in [-0.1, -0.05) is 32.8 Å². The third kappa shape index (κ3) is 8.44. The van der Waals surface area contributed by atoms with E-state index in [4.69, 9.17) is 15.8 Å². The second-order valence-electron chi connectivity index (χ2n) is 4.42. The fraction of sp³-hybridized carbons (Fsp3) is 0.769. The van der Waals surface area contributed by atoms with E-state index in [0.29, 0.717) is 6.61 Å². The first-order chi connectivity index (χ1) is 8.08. The summed E-state index contributed by atoms with van der Waals surface area (Å²) >= 11 is 6.70. The Labute approximate surface area is 111 Å². The Kier molecular flexibility index (Phi) is 9.56. The molecule has 0 aliphatic rings. The number of hydrogen-bond acceptors (Lipinski definition) is 2. The summed E-state index contributed by atoms with van der Waals surface area (Å²) in [6.07, 6.45) is 6.36. The maximum Gasteiger partial charge on any atom is 0.330 e. The Hall–Kier alpha value is -0.283. The normalized spacial score (nSPS) is 12.0. The molecule has 0 rings (SSSR count). The molecule has 0 saturated carbocycles. The highest BCUT2D eigenvalue weighted by molar-refractivity contribution is 7.20. The van der Waals surface area contributed by atoms with Gasteiger partial charge in [-0.25, -0.2) is 4.79 Å². The van der Waals surface area contributed by atoms with Crippen molar-refractivity contribution >= 4 is 24.4 Å². The van der Waals surface area contributed by atoms with Gasteiger partial charge in [-0.15, -0.1) is 0 Å². The summed E-state index contributed by atoms with van der Waals surface area (Å²) in [4.78, 5) is 11.1. The van der Waals surface area contributed by atoms with E-state index in [1.807, 2.05) is 0 Å². The molecule has 0 bridgehead atoms. The monoisotopic (exact) mass is 276 g/mol. The summed E-state index contributed by atoms with van der Waals surface area (Å²) in [5, 5.41) is 0. The molecule has 0 N–H and O–H groups in total. The minimum Gasteiger partial charge on any atom is -0.463 e. The van der Waals surface area contributed by atoms with Crippen molar-refractivity contribution in [1.82, 2.24) is 0 Å². The summed E-state index contributed by atoms with van der Waals surface area (Å²) in [6, 6.07) is 3.40. The molecule has 17 heavy (non-hydrogen) atoms. The van der Waals surface area contributed by atoms with Crippen molar-refractivity contribution in [2.45, 2.75) is 58.2 Å². The van der Waals surface area contributed by atoms with Gasteiger partial charge in [0, 0.05) is 6.08 Å². The SMILES string of the molecule is CC=CC(=O)OCCC[Si](Cl)(CCC)CCC. The van der Waals surface area contributed by atoms with Crippen molar-refractivity contribution in [3.05, 3.63) is 12.2 Å². The fourth-order valence-corrected chi connectivity index (χ4v) is 6.87. The predicted molar refractivity (Wildman–Crippen MR) is 77.0 cm³/mol. The maximum atomic E-state index is 11.1. The van der Waals surface area contributed by atoms with Crippen LogP contribution in [0.15, 0.2) is 12.2 Å². The van der Waals surface area contributed by atoms with Crippen molar-refractivity contribution in [3.8, 4) is 0 Å². The zero-order chi connectivity index (χ0) is 13.1. The van der Waals surface area contributed by atoms with E-state index in [-0.39, 0.29) is 5.97 Å². The summed E-state index contributed by atoms with van der Waals surface area (Å²) < 4.78 is 5.07. The molecule has 0 aliphatic heterocycles. The molecule has 0 spiro atoms. The van der Waals surface area contributed by atoms with E-state index in [9.17, 15) is 4.79 Å². The quantitative estimate of drug-likeness (QED) is 0.204. The second-order valence-corrected chi connectivity index (χ2v) is 10.6. The van der Waals surface area contributed by atoms with Crippen LogP contribution in [0.25, 0.3) is 0 Å². The number of carbonyl (C=O) groups excluding carboxylic acids is 1. The minimum atomic E-state index is -1.58. The highest BCUT2D eigenvalue weighted by Gasteiger charge is 2.28. The number of halogens is 1. The van der Waals surface area contributed by atoms with Crippen LogP contribution in [0.2, 0.25) is 18.1 Å². The standard InChI is InChI=1S/C13H25ClO2Si/c1-4-8-13(15)16-9-7-12-17(14,10-5-2)11-6-3/h4,8H,5-7,9-12H2,1-3H3. The van der Waals surface area contributed by atoms with Crippen LogP contribution in [-0.4, -0.2) is 20.0 Å². The predicted octanol–water partition coefficient (Wildman–Crippen LogP) is 4.50. The molecule has 0 heterocycles. The molecule has 0 saturated heterocycles. The van der Waals surface area contributed by atoms with Crippen LogP contribution < -0.4 is 0 Å². The van der Waals surface area contributed by atoms with Gasteiger partial charge in [-0.05, 0) is 31.5 Å². The average Bonchev–Trinajstić information content (AvgIpc) is 2.26. The fourth-order valence-electron chi connectivity index (χ4n) is 2.02. The first-order valence-electron chi connectivity index (χ1n) is 6.56. The lowest BCUT2D eigenvalue weighted by molar-refractivity contribution is -0.137. The lowest BCUT2D eigenvalue weighted by Gasteiger charge is -2.23. The smallest absolute Gasteiger partial charge is 0.330 e. The van der Waals surface area contributed by atoms with Crippen molar-refractivity contribution in [1.29, 1.82) is 0 Å². The lowest BCUT2D eigenvalue weighted by Crippen LogP contribution is -2.26. The summed E-state index contributed by atoms with van der Waals surface area (Å²) in [7, 11) is -1.58. The van der Waals surface area contributed by atoms with Crippen LogP contribution in [0.3, 0.4) is 0 Å². The van der Waals surface area contributed by atoms with E-state index in [2.05, 4.69) is 13.8 Å². The van der Waals surface area contributed by atoms with Gasteiger partial charge in [0.25, 0.3) is 0 Å². The van der Waals surface area contributed by atoms with Gasteiger partial charge in [-0.3, -0.25) is 0 Å². The Bertz CT molecular complexity index is 236. The summed E-state index contributed by atoms with van der Waals surface area (Å²) in [5.41, 5.74) is 0. The number of hydrogen-bond donors (Lipinski definition) is 0. The van der Waals surface area contributed by atoms with Gasteiger partial charge in [-0.2, -0.15) is 11.1 Å². The molecule has 0 aromatic rings. The van der Waals surface area contributed by atoms with E-state index in [1.165, 1.54) is 18.2 Å². The van der Waals surface area contributed by atoms with Crippen molar-refractivity contribution in [3.63, 3.8) is 0 Å². The van der Waals surface area contributed by atoms with Crippen LogP contribution in [0.4, 0.5) is 0 Å². The molecular formula is C13H25ClO2Si. The molecule has 0 aromatic heterocycles. The third-order valence-corrected chi connectivity index (χ3v) is 8.45. The minimum absolute atomic E-state index is 0.250. The molecule has 0 fully saturated rings. The number of rotatable bonds is 9. The van der Waals surface area contributed by atoms with Crippen LogP contribution in [-0.2, 0) is 9.53 Å². The van der Waals surface area contributed by atoms with E-state index in [1.54, 1.807) is 13.0 Å². The van der Waals surface area contributed by atoms with Crippen molar-refractivity contribution in [2.75, 3.05) is 6.61 Å². The average molecular weight is 277 g/mol. The van der Waals surface area contributed by atoms with E-state index in [0.717, 1.165) is 25.3 Å². The first kappa shape index (κ1) is 16.7. The first-order valence-corrected chi connectivity index (χ1v) is 10.2. The van der Waals surface area contributed by atoms with Gasteiger partial charge < -0.3 is 4.74 Å². The van der Waals surface area contributed by atoms with E-state index < -0.39 is 7.38 Å². The molecule has 2 nitrogen and oxygen atoms in total. The van der Waals surface area contributed by atoms with Crippen LogP contribution >= 0.6 is 11.1 Å². The molecule has 0 atom stereocenters. The number of carbonyl (C=O) groups is 1. The molecule has 0 aromatic carbocycles. The Morgan fingerprint density at radius 1 is 1.24 bits per heavy atom. The maximum absolute atomic E-state index is 11.1.